The highest BCUT2D eigenvalue weighted by atomic mass is 35.5. The van der Waals surface area contributed by atoms with Crippen LogP contribution in [0.15, 0.2) is 6.07 Å². The van der Waals surface area contributed by atoms with Crippen molar-refractivity contribution in [3.05, 3.63) is 37.8 Å². The minimum atomic E-state index is 0.00241. The second kappa shape index (κ2) is 6.62. The summed E-state index contributed by atoms with van der Waals surface area (Å²) in [5.74, 6) is 0.00241. The van der Waals surface area contributed by atoms with Crippen molar-refractivity contribution in [1.82, 2.24) is 15.1 Å². The van der Waals surface area contributed by atoms with Crippen molar-refractivity contribution in [3.63, 3.8) is 0 Å². The van der Waals surface area contributed by atoms with Crippen molar-refractivity contribution in [1.29, 1.82) is 0 Å². The first-order valence-electron chi connectivity index (χ1n) is 6.95. The molecule has 2 aromatic rings. The molecule has 0 atom stereocenters. The van der Waals surface area contributed by atoms with Crippen molar-refractivity contribution in [2.24, 2.45) is 0 Å². The third-order valence-electron chi connectivity index (χ3n) is 3.52. The van der Waals surface area contributed by atoms with E-state index in [0.717, 1.165) is 34.3 Å². The lowest BCUT2D eigenvalue weighted by Crippen LogP contribution is -2.24. The highest BCUT2D eigenvalue weighted by Crippen LogP contribution is 2.20. The van der Waals surface area contributed by atoms with Gasteiger partial charge in [-0.15, -0.1) is 11.3 Å². The zero-order valence-corrected chi connectivity index (χ0v) is 14.4. The summed E-state index contributed by atoms with van der Waals surface area (Å²) < 4.78 is 1.89. The normalized spacial score (nSPS) is 10.9. The highest BCUT2D eigenvalue weighted by molar-refractivity contribution is 7.14. The number of hydrogen-bond donors (Lipinski definition) is 1. The van der Waals surface area contributed by atoms with Crippen LogP contribution in [0.2, 0.25) is 5.02 Å². The molecule has 2 aromatic heterocycles. The molecule has 21 heavy (non-hydrogen) atoms. The maximum atomic E-state index is 12.0. The van der Waals surface area contributed by atoms with Gasteiger partial charge in [-0.05, 0) is 45.7 Å². The number of carbonyl (C=O) groups is 1. The van der Waals surface area contributed by atoms with E-state index in [9.17, 15) is 4.79 Å². The molecule has 0 fully saturated rings. The van der Waals surface area contributed by atoms with Crippen LogP contribution in [-0.2, 0) is 6.54 Å². The lowest BCUT2D eigenvalue weighted by atomic mass is 10.3. The number of nitrogens with zero attached hydrogens (tertiary/aromatic N) is 2. The summed E-state index contributed by atoms with van der Waals surface area (Å²) in [4.78, 5) is 14.0. The fourth-order valence-electron chi connectivity index (χ4n) is 2.10. The van der Waals surface area contributed by atoms with Gasteiger partial charge in [-0.2, -0.15) is 5.10 Å². The fourth-order valence-corrected chi connectivity index (χ4v) is 3.18. The van der Waals surface area contributed by atoms with Gasteiger partial charge in [-0.25, -0.2) is 0 Å². The fraction of sp³-hybridized carbons (Fsp3) is 0.467. The molecule has 1 amide bonds. The van der Waals surface area contributed by atoms with Crippen LogP contribution in [0.4, 0.5) is 0 Å². The third kappa shape index (κ3) is 3.66. The standard InChI is InChI=1S/C15H20ClN3OS/c1-9-8-13(21-12(9)4)15(20)17-6-5-7-19-11(3)14(16)10(2)18-19/h8H,5-7H2,1-4H3,(H,17,20). The molecular formula is C15H20ClN3OS. The number of halogens is 1. The quantitative estimate of drug-likeness (QED) is 0.853. The van der Waals surface area contributed by atoms with Crippen molar-refractivity contribution < 1.29 is 4.79 Å². The summed E-state index contributed by atoms with van der Waals surface area (Å²) in [5.41, 5.74) is 3.00. The van der Waals surface area contributed by atoms with Gasteiger partial charge in [0.1, 0.15) is 0 Å². The molecule has 4 nitrogen and oxygen atoms in total. The number of aryl methyl sites for hydroxylation is 4. The number of nitrogens with one attached hydrogen (secondary N) is 1. The third-order valence-corrected chi connectivity index (χ3v) is 5.21. The van der Waals surface area contributed by atoms with E-state index < -0.39 is 0 Å². The van der Waals surface area contributed by atoms with E-state index in [1.807, 2.05) is 38.4 Å². The smallest absolute Gasteiger partial charge is 0.261 e. The number of thiophene rings is 1. The molecule has 0 aliphatic carbocycles. The van der Waals surface area contributed by atoms with E-state index in [1.165, 1.54) is 21.8 Å². The SMILES string of the molecule is Cc1cc(C(=O)NCCCn2nc(C)c(Cl)c2C)sc1C. The minimum absolute atomic E-state index is 0.00241. The Labute approximate surface area is 134 Å². The van der Waals surface area contributed by atoms with Gasteiger partial charge in [0.15, 0.2) is 0 Å². The first-order valence-corrected chi connectivity index (χ1v) is 8.14. The van der Waals surface area contributed by atoms with Gasteiger partial charge in [0.05, 0.1) is 21.3 Å². The summed E-state index contributed by atoms with van der Waals surface area (Å²) in [6.45, 7) is 9.29. The molecule has 2 heterocycles. The Balaban J connectivity index is 1.82. The molecular weight excluding hydrogens is 306 g/mol. The first kappa shape index (κ1) is 16.0. The molecule has 0 bridgehead atoms. The predicted octanol–water partition coefficient (Wildman–Crippen LogP) is 3.65. The van der Waals surface area contributed by atoms with Gasteiger partial charge in [0, 0.05) is 18.0 Å². The van der Waals surface area contributed by atoms with Crippen LogP contribution >= 0.6 is 22.9 Å². The Bertz CT molecular complexity index is 641. The molecule has 0 spiro atoms. The summed E-state index contributed by atoms with van der Waals surface area (Å²) in [6, 6.07) is 1.94. The molecule has 0 aliphatic heterocycles. The first-order chi connectivity index (χ1) is 9.90. The number of aromatic nitrogens is 2. The average molecular weight is 326 g/mol. The topological polar surface area (TPSA) is 46.9 Å². The molecule has 0 unspecified atom stereocenters. The van der Waals surface area contributed by atoms with Gasteiger partial charge in [-0.1, -0.05) is 11.6 Å². The van der Waals surface area contributed by atoms with E-state index in [1.54, 1.807) is 0 Å². The van der Waals surface area contributed by atoms with Crippen molar-refractivity contribution in [3.8, 4) is 0 Å². The Kier molecular flexibility index (Phi) is 5.06. The van der Waals surface area contributed by atoms with Crippen LogP contribution < -0.4 is 5.32 Å². The summed E-state index contributed by atoms with van der Waals surface area (Å²) in [5, 5.41) is 8.05. The van der Waals surface area contributed by atoms with E-state index >= 15 is 0 Å². The zero-order chi connectivity index (χ0) is 15.6. The van der Waals surface area contributed by atoms with Gasteiger partial charge in [-0.3, -0.25) is 9.48 Å². The van der Waals surface area contributed by atoms with Crippen LogP contribution in [0.25, 0.3) is 0 Å². The number of rotatable bonds is 5. The lowest BCUT2D eigenvalue weighted by Gasteiger charge is -2.05. The molecule has 2 rings (SSSR count). The summed E-state index contributed by atoms with van der Waals surface area (Å²) in [6.07, 6.45) is 0.827. The predicted molar refractivity (Wildman–Crippen MR) is 87.5 cm³/mol. The molecule has 0 aromatic carbocycles. The monoisotopic (exact) mass is 325 g/mol. The minimum Gasteiger partial charge on any atom is -0.351 e. The molecule has 0 saturated heterocycles. The van der Waals surface area contributed by atoms with Gasteiger partial charge in [0.2, 0.25) is 0 Å². The van der Waals surface area contributed by atoms with Crippen LogP contribution in [0.1, 0.15) is 37.9 Å². The number of hydrogen-bond acceptors (Lipinski definition) is 3. The second-order valence-electron chi connectivity index (χ2n) is 5.17. The van der Waals surface area contributed by atoms with E-state index in [0.29, 0.717) is 6.54 Å². The Morgan fingerprint density at radius 2 is 2.10 bits per heavy atom. The molecule has 6 heteroatoms. The maximum Gasteiger partial charge on any atom is 0.261 e. The molecule has 0 aliphatic rings. The number of carbonyl (C=O) groups excluding carboxylic acids is 1. The molecule has 114 valence electrons. The van der Waals surface area contributed by atoms with E-state index in [-0.39, 0.29) is 5.91 Å². The van der Waals surface area contributed by atoms with Crippen LogP contribution in [-0.4, -0.2) is 22.2 Å². The van der Waals surface area contributed by atoms with Crippen molar-refractivity contribution in [2.75, 3.05) is 6.54 Å². The Hall–Kier alpha value is -1.33. The van der Waals surface area contributed by atoms with Crippen molar-refractivity contribution in [2.45, 2.75) is 40.7 Å². The lowest BCUT2D eigenvalue weighted by molar-refractivity contribution is 0.0956. The van der Waals surface area contributed by atoms with E-state index in [4.69, 9.17) is 11.6 Å². The van der Waals surface area contributed by atoms with E-state index in [2.05, 4.69) is 10.4 Å². The second-order valence-corrected chi connectivity index (χ2v) is 6.80. The summed E-state index contributed by atoms with van der Waals surface area (Å²) in [7, 11) is 0. The van der Waals surface area contributed by atoms with Crippen molar-refractivity contribution >= 4 is 28.8 Å². The average Bonchev–Trinajstić information content (AvgIpc) is 2.90. The maximum absolute atomic E-state index is 12.0. The summed E-state index contributed by atoms with van der Waals surface area (Å²) >= 11 is 7.64. The van der Waals surface area contributed by atoms with Crippen LogP contribution in [0, 0.1) is 27.7 Å². The molecule has 0 radical (unpaired) electrons. The zero-order valence-electron chi connectivity index (χ0n) is 12.8. The molecule has 1 N–H and O–H groups in total. The van der Waals surface area contributed by atoms with Gasteiger partial charge >= 0.3 is 0 Å². The Morgan fingerprint density at radius 3 is 2.62 bits per heavy atom. The Morgan fingerprint density at radius 1 is 1.38 bits per heavy atom. The van der Waals surface area contributed by atoms with Gasteiger partial charge in [0.25, 0.3) is 5.91 Å². The largest absolute Gasteiger partial charge is 0.351 e. The van der Waals surface area contributed by atoms with Crippen LogP contribution in [0.3, 0.4) is 0 Å². The van der Waals surface area contributed by atoms with Crippen LogP contribution in [0.5, 0.6) is 0 Å². The van der Waals surface area contributed by atoms with Gasteiger partial charge < -0.3 is 5.32 Å². The molecule has 0 saturated carbocycles. The number of amides is 1. The highest BCUT2D eigenvalue weighted by Gasteiger charge is 2.11.